The van der Waals surface area contributed by atoms with E-state index in [9.17, 15) is 9.59 Å². The molecule has 0 saturated carbocycles. The van der Waals surface area contributed by atoms with Gasteiger partial charge < -0.3 is 20.2 Å². The van der Waals surface area contributed by atoms with E-state index >= 15 is 0 Å². The molecule has 0 aromatic carbocycles. The van der Waals surface area contributed by atoms with Gasteiger partial charge in [0.1, 0.15) is 18.2 Å². The Morgan fingerprint density at radius 1 is 1.42 bits per heavy atom. The Balaban J connectivity index is 1.55. The molecule has 0 bridgehead atoms. The quantitative estimate of drug-likeness (QED) is 0.652. The molecule has 3 aromatic heterocycles. The molecular weight excluding hydrogens is 330 g/mol. The number of nitrogens with one attached hydrogen (secondary N) is 3. The van der Waals surface area contributed by atoms with Crippen LogP contribution in [-0.4, -0.2) is 38.9 Å². The molecular formula is C19H21N5O2. The summed E-state index contributed by atoms with van der Waals surface area (Å²) in [4.78, 5) is 31.5. The van der Waals surface area contributed by atoms with Crippen molar-refractivity contribution in [2.45, 2.75) is 32.4 Å². The van der Waals surface area contributed by atoms with E-state index in [1.54, 1.807) is 6.20 Å². The summed E-state index contributed by atoms with van der Waals surface area (Å²) in [7, 11) is 0. The van der Waals surface area contributed by atoms with Gasteiger partial charge >= 0.3 is 0 Å². The van der Waals surface area contributed by atoms with Gasteiger partial charge in [0, 0.05) is 41.8 Å². The maximum atomic E-state index is 12.3. The van der Waals surface area contributed by atoms with Gasteiger partial charge in [0.05, 0.1) is 0 Å². The average Bonchev–Trinajstić information content (AvgIpc) is 3.33. The number of hydrogen-bond acceptors (Lipinski definition) is 3. The molecule has 1 unspecified atom stereocenters. The van der Waals surface area contributed by atoms with Crippen molar-refractivity contribution >= 4 is 22.8 Å². The van der Waals surface area contributed by atoms with Gasteiger partial charge in [-0.3, -0.25) is 9.59 Å². The third-order valence-corrected chi connectivity index (χ3v) is 4.74. The number of fused-ring (bicyclic) bond motifs is 1. The summed E-state index contributed by atoms with van der Waals surface area (Å²) in [5, 5.41) is 6.58. The van der Waals surface area contributed by atoms with Gasteiger partial charge in [-0.05, 0) is 36.6 Å². The summed E-state index contributed by atoms with van der Waals surface area (Å²) in [6.07, 6.45) is 7.22. The summed E-state index contributed by atoms with van der Waals surface area (Å²) in [6.45, 7) is 2.90. The van der Waals surface area contributed by atoms with Crippen LogP contribution in [-0.2, 0) is 22.6 Å². The zero-order valence-corrected chi connectivity index (χ0v) is 14.6. The Morgan fingerprint density at radius 3 is 3.04 bits per heavy atom. The largest absolute Gasteiger partial charge is 0.354 e. The molecule has 0 aliphatic carbocycles. The second-order valence-electron chi connectivity index (χ2n) is 6.55. The van der Waals surface area contributed by atoms with Gasteiger partial charge in [-0.25, -0.2) is 4.98 Å². The van der Waals surface area contributed by atoms with Crippen LogP contribution in [0.2, 0.25) is 0 Å². The van der Waals surface area contributed by atoms with Gasteiger partial charge in [-0.2, -0.15) is 0 Å². The van der Waals surface area contributed by atoms with Crippen LogP contribution >= 0.6 is 0 Å². The number of carbonyl (C=O) groups excluding carboxylic acids is 2. The number of rotatable bonds is 5. The van der Waals surface area contributed by atoms with Crippen LogP contribution in [0.1, 0.15) is 18.9 Å². The first-order chi connectivity index (χ1) is 12.6. The number of hydrogen-bond donors (Lipinski definition) is 3. The van der Waals surface area contributed by atoms with Crippen molar-refractivity contribution in [3.63, 3.8) is 0 Å². The van der Waals surface area contributed by atoms with Crippen molar-refractivity contribution in [2.75, 3.05) is 6.54 Å². The molecule has 3 N–H and O–H groups in total. The maximum absolute atomic E-state index is 12.3. The predicted molar refractivity (Wildman–Crippen MR) is 98.5 cm³/mol. The number of nitrogens with zero attached hydrogens (tertiary/aromatic N) is 2. The Kier molecular flexibility index (Phi) is 4.20. The predicted octanol–water partition coefficient (Wildman–Crippen LogP) is 1.60. The summed E-state index contributed by atoms with van der Waals surface area (Å²) in [5.74, 6) is -0.263. The van der Waals surface area contributed by atoms with E-state index in [-0.39, 0.29) is 18.4 Å². The highest BCUT2D eigenvalue weighted by molar-refractivity contribution is 5.89. The molecule has 7 nitrogen and oxygen atoms in total. The zero-order chi connectivity index (χ0) is 18.1. The Morgan fingerprint density at radius 2 is 2.31 bits per heavy atom. The summed E-state index contributed by atoms with van der Waals surface area (Å²) in [6, 6.07) is 5.59. The molecule has 4 rings (SSSR count). The first-order valence-electron chi connectivity index (χ1n) is 8.84. The minimum atomic E-state index is -0.414. The maximum Gasteiger partial charge on any atom is 0.242 e. The first kappa shape index (κ1) is 16.4. The molecule has 3 aromatic rings. The van der Waals surface area contributed by atoms with Gasteiger partial charge in [0.25, 0.3) is 0 Å². The van der Waals surface area contributed by atoms with Gasteiger partial charge in [-0.15, -0.1) is 0 Å². The molecule has 1 fully saturated rings. The van der Waals surface area contributed by atoms with E-state index in [0.717, 1.165) is 34.3 Å². The van der Waals surface area contributed by atoms with E-state index in [2.05, 4.69) is 33.6 Å². The smallest absolute Gasteiger partial charge is 0.242 e. The lowest BCUT2D eigenvalue weighted by molar-refractivity contribution is -0.127. The van der Waals surface area contributed by atoms with E-state index in [0.29, 0.717) is 13.0 Å². The van der Waals surface area contributed by atoms with Crippen LogP contribution in [0.4, 0.5) is 0 Å². The highest BCUT2D eigenvalue weighted by atomic mass is 16.2. The van der Waals surface area contributed by atoms with Crippen molar-refractivity contribution in [3.05, 3.63) is 42.4 Å². The van der Waals surface area contributed by atoms with Crippen LogP contribution in [0.3, 0.4) is 0 Å². The lowest BCUT2D eigenvalue weighted by Gasteiger charge is -2.10. The van der Waals surface area contributed by atoms with Crippen molar-refractivity contribution in [1.29, 1.82) is 0 Å². The van der Waals surface area contributed by atoms with E-state index in [4.69, 9.17) is 0 Å². The summed E-state index contributed by atoms with van der Waals surface area (Å²) in [5.41, 5.74) is 4.06. The van der Waals surface area contributed by atoms with E-state index in [1.165, 1.54) is 0 Å². The summed E-state index contributed by atoms with van der Waals surface area (Å²) < 4.78 is 1.87. The Bertz CT molecular complexity index is 938. The van der Waals surface area contributed by atoms with Crippen LogP contribution < -0.4 is 10.6 Å². The number of pyridine rings is 1. The molecule has 134 valence electrons. The van der Waals surface area contributed by atoms with Crippen molar-refractivity contribution in [3.8, 4) is 11.3 Å². The summed E-state index contributed by atoms with van der Waals surface area (Å²) >= 11 is 0. The van der Waals surface area contributed by atoms with Gasteiger partial charge in [0.2, 0.25) is 11.8 Å². The topological polar surface area (TPSA) is 91.8 Å². The molecule has 7 heteroatoms. The molecule has 4 heterocycles. The second-order valence-corrected chi connectivity index (χ2v) is 6.55. The first-order valence-corrected chi connectivity index (χ1v) is 8.84. The number of amides is 2. The highest BCUT2D eigenvalue weighted by Crippen LogP contribution is 2.27. The number of aryl methyl sites for hydroxylation is 1. The number of carbonyl (C=O) groups is 2. The number of aromatic amines is 1. The monoisotopic (exact) mass is 351 g/mol. The van der Waals surface area contributed by atoms with Crippen molar-refractivity contribution in [2.24, 2.45) is 0 Å². The third kappa shape index (κ3) is 3.08. The van der Waals surface area contributed by atoms with E-state index < -0.39 is 6.04 Å². The van der Waals surface area contributed by atoms with E-state index in [1.807, 2.05) is 29.1 Å². The fraction of sp³-hybridized carbons (Fsp3) is 0.316. The molecule has 26 heavy (non-hydrogen) atoms. The fourth-order valence-corrected chi connectivity index (χ4v) is 3.41. The number of H-pyrrole nitrogens is 1. The molecule has 0 spiro atoms. The minimum absolute atomic E-state index is 0.105. The molecule has 0 radical (unpaired) electrons. The standard InChI is InChI=1S/C19H21N5O2/c1-2-12-9-24(11-17(25)22-15-5-7-21-19(15)26)10-14(12)16-8-13-4-3-6-20-18(13)23-16/h3-4,6,8-10,15H,2,5,7,11H2,1H3,(H,20,23)(H,21,26)(H,22,25). The van der Waals surface area contributed by atoms with Crippen LogP contribution in [0.5, 0.6) is 0 Å². The van der Waals surface area contributed by atoms with Gasteiger partial charge in [-0.1, -0.05) is 6.92 Å². The highest BCUT2D eigenvalue weighted by Gasteiger charge is 2.25. The lowest BCUT2D eigenvalue weighted by Crippen LogP contribution is -2.41. The van der Waals surface area contributed by atoms with Crippen LogP contribution in [0, 0.1) is 0 Å². The average molecular weight is 351 g/mol. The molecule has 1 aliphatic heterocycles. The molecule has 1 saturated heterocycles. The van der Waals surface area contributed by atoms with Crippen LogP contribution in [0.15, 0.2) is 36.8 Å². The Labute approximate surface area is 150 Å². The zero-order valence-electron chi connectivity index (χ0n) is 14.6. The normalized spacial score (nSPS) is 16.8. The van der Waals surface area contributed by atoms with Gasteiger partial charge in [0.15, 0.2) is 0 Å². The Hall–Kier alpha value is -3.09. The fourth-order valence-electron chi connectivity index (χ4n) is 3.41. The lowest BCUT2D eigenvalue weighted by atomic mass is 10.1. The van der Waals surface area contributed by atoms with Crippen molar-refractivity contribution < 1.29 is 9.59 Å². The molecule has 2 amide bonds. The third-order valence-electron chi connectivity index (χ3n) is 4.74. The SMILES string of the molecule is CCc1cn(CC(=O)NC2CCNC2=O)cc1-c1cc2cccnc2[nH]1. The molecule has 1 atom stereocenters. The number of aromatic nitrogens is 3. The van der Waals surface area contributed by atoms with Crippen molar-refractivity contribution in [1.82, 2.24) is 25.2 Å². The van der Waals surface area contributed by atoms with Crippen LogP contribution in [0.25, 0.3) is 22.3 Å². The molecule has 1 aliphatic rings. The second kappa shape index (κ2) is 6.67. The minimum Gasteiger partial charge on any atom is -0.354 e.